The molecule has 0 radical (unpaired) electrons. The van der Waals surface area contributed by atoms with Gasteiger partial charge in [0.05, 0.1) is 26.4 Å². The van der Waals surface area contributed by atoms with Crippen LogP contribution in [0.3, 0.4) is 0 Å². The van der Waals surface area contributed by atoms with Gasteiger partial charge in [0.2, 0.25) is 11.8 Å². The molecule has 308 valence electrons. The van der Waals surface area contributed by atoms with Crippen molar-refractivity contribution in [3.63, 3.8) is 0 Å². The van der Waals surface area contributed by atoms with Gasteiger partial charge in [-0.25, -0.2) is 0 Å². The second-order valence-corrected chi connectivity index (χ2v) is 18.1. The van der Waals surface area contributed by atoms with Gasteiger partial charge >= 0.3 is 0 Å². The maximum Gasteiger partial charge on any atom is 0.244 e. The van der Waals surface area contributed by atoms with Crippen LogP contribution in [0.4, 0.5) is 0 Å². The Morgan fingerprint density at radius 3 is 2.40 bits per heavy atom. The van der Waals surface area contributed by atoms with Gasteiger partial charge in [-0.2, -0.15) is 5.06 Å². The molecule has 2 amide bonds. The predicted octanol–water partition coefficient (Wildman–Crippen LogP) is 5.15. The second kappa shape index (κ2) is 19.3. The van der Waals surface area contributed by atoms with Crippen LogP contribution in [0.2, 0.25) is 0 Å². The summed E-state index contributed by atoms with van der Waals surface area (Å²) in [6.45, 7) is 22.6. The molecular formula is C44H71N5O6. The molecular weight excluding hydrogens is 695 g/mol. The fourth-order valence-corrected chi connectivity index (χ4v) is 9.22. The van der Waals surface area contributed by atoms with Crippen molar-refractivity contribution in [1.82, 2.24) is 25.9 Å². The summed E-state index contributed by atoms with van der Waals surface area (Å²) in [5.74, 6) is 1.77. The minimum atomic E-state index is -0.907. The quantitative estimate of drug-likeness (QED) is 0.0959. The van der Waals surface area contributed by atoms with Gasteiger partial charge in [-0.3, -0.25) is 14.4 Å². The molecule has 1 saturated heterocycles. The number of fused-ring (bicyclic) bond motifs is 2. The van der Waals surface area contributed by atoms with E-state index in [0.29, 0.717) is 46.6 Å². The highest BCUT2D eigenvalue weighted by molar-refractivity contribution is 5.92. The second-order valence-electron chi connectivity index (χ2n) is 18.1. The number of benzene rings is 1. The van der Waals surface area contributed by atoms with Crippen molar-refractivity contribution in [2.45, 2.75) is 112 Å². The van der Waals surface area contributed by atoms with Gasteiger partial charge < -0.3 is 35.8 Å². The van der Waals surface area contributed by atoms with E-state index in [0.717, 1.165) is 37.1 Å². The maximum absolute atomic E-state index is 14.3. The average molecular weight is 766 g/mol. The lowest BCUT2D eigenvalue weighted by Crippen LogP contribution is -2.62. The zero-order valence-electron chi connectivity index (χ0n) is 35.4. The molecule has 11 nitrogen and oxygen atoms in total. The molecule has 1 aliphatic heterocycles. The van der Waals surface area contributed by atoms with Crippen LogP contribution in [-0.2, 0) is 21.0 Å². The van der Waals surface area contributed by atoms with Crippen LogP contribution in [-0.4, -0.2) is 103 Å². The van der Waals surface area contributed by atoms with Crippen molar-refractivity contribution in [1.29, 1.82) is 0 Å². The molecule has 55 heavy (non-hydrogen) atoms. The lowest BCUT2D eigenvalue weighted by atomic mass is 9.45. The number of ether oxygens (including phenoxy) is 1. The Kier molecular flexibility index (Phi) is 15.6. The largest absolute Gasteiger partial charge is 0.496 e. The number of likely N-dealkylation sites (N-methyl/N-ethyl adjacent to an activating group) is 1. The molecule has 1 aromatic rings. The number of hydroxylamine groups is 2. The molecule has 4 aliphatic rings. The normalized spacial score (nSPS) is 27.6. The highest BCUT2D eigenvalue weighted by Gasteiger charge is 2.57. The summed E-state index contributed by atoms with van der Waals surface area (Å²) in [4.78, 5) is 36.0. The van der Waals surface area contributed by atoms with Crippen molar-refractivity contribution in [3.05, 3.63) is 59.8 Å². The van der Waals surface area contributed by atoms with Crippen molar-refractivity contribution in [2.75, 3.05) is 40.9 Å². The van der Waals surface area contributed by atoms with E-state index in [1.54, 1.807) is 31.2 Å². The first-order valence-electron chi connectivity index (χ1n) is 20.3. The molecule has 4 fully saturated rings. The van der Waals surface area contributed by atoms with Crippen LogP contribution in [0.15, 0.2) is 48.7 Å². The van der Waals surface area contributed by atoms with Crippen LogP contribution < -0.4 is 20.7 Å². The Balaban J connectivity index is 1.65. The van der Waals surface area contributed by atoms with Crippen LogP contribution in [0.5, 0.6) is 5.75 Å². The first kappa shape index (κ1) is 44.5. The minimum absolute atomic E-state index is 0.00204. The highest BCUT2D eigenvalue weighted by Crippen LogP contribution is 2.61. The number of carbonyl (C=O) groups excluding carboxylic acids is 2. The molecule has 0 spiro atoms. The molecule has 0 unspecified atom stereocenters. The fraction of sp³-hybridized carbons (Fsp3) is 0.682. The number of carbonyl (C=O) groups is 2. The predicted molar refractivity (Wildman–Crippen MR) is 220 cm³/mol. The monoisotopic (exact) mass is 766 g/mol. The Labute approximate surface area is 330 Å². The molecule has 5 N–H and O–H groups in total. The number of rotatable bonds is 19. The molecule has 3 aliphatic carbocycles. The summed E-state index contributed by atoms with van der Waals surface area (Å²) >= 11 is 0. The maximum atomic E-state index is 14.3. The van der Waals surface area contributed by atoms with E-state index in [4.69, 9.17) is 9.57 Å². The van der Waals surface area contributed by atoms with Gasteiger partial charge in [-0.1, -0.05) is 73.2 Å². The Morgan fingerprint density at radius 2 is 1.84 bits per heavy atom. The molecule has 1 heterocycles. The fourth-order valence-electron chi connectivity index (χ4n) is 9.22. The minimum Gasteiger partial charge on any atom is -0.496 e. The molecule has 9 atom stereocenters. The van der Waals surface area contributed by atoms with Crippen molar-refractivity contribution in [2.24, 2.45) is 40.9 Å². The van der Waals surface area contributed by atoms with E-state index < -0.39 is 24.2 Å². The first-order valence-corrected chi connectivity index (χ1v) is 20.3. The molecule has 3 saturated carbocycles. The summed E-state index contributed by atoms with van der Waals surface area (Å²) in [6.07, 6.45) is 6.55. The number of nitrogens with one attached hydrogen (secondary N) is 3. The van der Waals surface area contributed by atoms with Crippen molar-refractivity contribution in [3.8, 4) is 5.75 Å². The Morgan fingerprint density at radius 1 is 1.13 bits per heavy atom. The van der Waals surface area contributed by atoms with Gasteiger partial charge in [0.25, 0.3) is 0 Å². The third kappa shape index (κ3) is 11.0. The zero-order chi connectivity index (χ0) is 40.8. The number of amides is 2. The van der Waals surface area contributed by atoms with E-state index >= 15 is 0 Å². The third-order valence-corrected chi connectivity index (χ3v) is 12.2. The molecule has 5 rings (SSSR count). The van der Waals surface area contributed by atoms with E-state index in [-0.39, 0.29) is 42.5 Å². The standard InChI is InChI=1S/C44H71N5O6/c1-26(2)18-34(24-48(10)11)46-39(52)17-16-31(19-28(5)45-22-27(3)4)35-15-13-14-32(42(35)54-12)23-49-41(40(30(7)51)38(25-50)55-49)43(53)47-37-21-33-20-36(29(37)6)44(33,8)9/h13-17,19,26-27,29-30,33-34,36-38,40-41,45,50-51H,5,18,20-25H2,1-4,6-12H3,(H,46,52)(H,47,53)/b17-16+,31-19+/t29-,30-,33+,34-,36-,37-,38-,40+,41-/m0/s1. The molecule has 2 bridgehead atoms. The molecule has 0 aromatic heterocycles. The molecule has 11 heteroatoms. The van der Waals surface area contributed by atoms with Crippen LogP contribution in [0.25, 0.3) is 5.57 Å². The summed E-state index contributed by atoms with van der Waals surface area (Å²) < 4.78 is 6.09. The van der Waals surface area contributed by atoms with Gasteiger partial charge in [0.1, 0.15) is 17.9 Å². The van der Waals surface area contributed by atoms with E-state index in [1.165, 1.54) is 6.42 Å². The van der Waals surface area contributed by atoms with E-state index in [1.807, 2.05) is 38.4 Å². The molecule has 1 aromatic carbocycles. The first-order chi connectivity index (χ1) is 25.9. The number of allylic oxidation sites excluding steroid dienone is 3. The third-order valence-electron chi connectivity index (χ3n) is 12.2. The number of hydrogen-bond acceptors (Lipinski definition) is 9. The van der Waals surface area contributed by atoms with E-state index in [9.17, 15) is 19.8 Å². The van der Waals surface area contributed by atoms with Crippen LogP contribution in [0.1, 0.15) is 85.8 Å². The summed E-state index contributed by atoms with van der Waals surface area (Å²) in [7, 11) is 5.60. The Bertz CT molecular complexity index is 1530. The number of aliphatic hydroxyl groups is 2. The number of hydrogen-bond donors (Lipinski definition) is 5. The van der Waals surface area contributed by atoms with Crippen molar-refractivity contribution < 1.29 is 29.4 Å². The SMILES string of the molecule is C=C(/C=C(\C=C\C(=O)N[C@@H](CC(C)C)CN(C)C)c1cccc(CN2O[C@@H](CO)[C@@H]([C@H](C)O)[C@H]2C(=O)N[C@H]2C[C@H]3C[C@@H]([C@@H]2C)C3(C)C)c1OC)NCC(C)C. The summed E-state index contributed by atoms with van der Waals surface area (Å²) in [5.41, 5.74) is 3.15. The van der Waals surface area contributed by atoms with Crippen molar-refractivity contribution >= 4 is 17.4 Å². The number of methoxy groups -OCH3 is 1. The number of para-hydroxylation sites is 1. The zero-order valence-corrected chi connectivity index (χ0v) is 35.4. The summed E-state index contributed by atoms with van der Waals surface area (Å²) in [5, 5.41) is 32.9. The highest BCUT2D eigenvalue weighted by atomic mass is 16.7. The van der Waals surface area contributed by atoms with Crippen LogP contribution in [0, 0.1) is 40.9 Å². The summed E-state index contributed by atoms with van der Waals surface area (Å²) in [6, 6.07) is 4.95. The topological polar surface area (TPSA) is 136 Å². The lowest BCUT2D eigenvalue weighted by Gasteiger charge is -2.62. The lowest BCUT2D eigenvalue weighted by molar-refractivity contribution is -0.183. The van der Waals surface area contributed by atoms with Gasteiger partial charge in [0.15, 0.2) is 0 Å². The van der Waals surface area contributed by atoms with Gasteiger partial charge in [-0.15, -0.1) is 0 Å². The average Bonchev–Trinajstić information content (AvgIpc) is 3.47. The van der Waals surface area contributed by atoms with Crippen LogP contribution >= 0.6 is 0 Å². The Hall–Kier alpha value is -3.22. The van der Waals surface area contributed by atoms with Gasteiger partial charge in [0, 0.05) is 54.0 Å². The van der Waals surface area contributed by atoms with E-state index in [2.05, 4.69) is 75.9 Å². The van der Waals surface area contributed by atoms with Gasteiger partial charge in [-0.05, 0) is 93.0 Å². The number of nitrogens with zero attached hydrogens (tertiary/aromatic N) is 2. The smallest absolute Gasteiger partial charge is 0.244 e. The number of aliphatic hydroxyl groups excluding tert-OH is 2.